The molecule has 0 saturated carbocycles. The van der Waals surface area contributed by atoms with E-state index in [4.69, 9.17) is 0 Å². The molecule has 0 bridgehead atoms. The summed E-state index contributed by atoms with van der Waals surface area (Å²) >= 11 is 0.630. The molecule has 0 aromatic heterocycles. The number of thioether (sulfide) groups is 1. The number of nitro groups is 1. The molecule has 1 fully saturated rings. The summed E-state index contributed by atoms with van der Waals surface area (Å²) in [7, 11) is 0. The van der Waals surface area contributed by atoms with E-state index in [1.165, 1.54) is 30.3 Å². The average Bonchev–Trinajstić information content (AvgIpc) is 3.05. The predicted molar refractivity (Wildman–Crippen MR) is 122 cm³/mol. The summed E-state index contributed by atoms with van der Waals surface area (Å²) in [4.78, 5) is 36.9. The lowest BCUT2D eigenvalue weighted by molar-refractivity contribution is -0.385. The molecule has 2 amide bonds. The smallest absolute Gasteiger partial charge is 0.311 e. The van der Waals surface area contributed by atoms with E-state index >= 15 is 0 Å². The van der Waals surface area contributed by atoms with E-state index in [1.54, 1.807) is 12.1 Å². The number of carbonyl (C=O) groups excluding carboxylic acids is 2. The highest BCUT2D eigenvalue weighted by Crippen LogP contribution is 2.38. The van der Waals surface area contributed by atoms with Crippen LogP contribution in [0.2, 0.25) is 0 Å². The lowest BCUT2D eigenvalue weighted by Gasteiger charge is -2.12. The third-order valence-corrected chi connectivity index (χ3v) is 5.98. The van der Waals surface area contributed by atoms with Crippen molar-refractivity contribution in [1.29, 1.82) is 0 Å². The van der Waals surface area contributed by atoms with E-state index in [0.29, 0.717) is 23.7 Å². The third kappa shape index (κ3) is 4.78. The van der Waals surface area contributed by atoms with Crippen molar-refractivity contribution >= 4 is 34.7 Å². The minimum atomic E-state index is -0.703. The SMILES string of the molecule is O=C1S/C(=C\c2cc(Cc3ccccc3)cc([N+](=O)[O-])c2O)C(=O)N1Cc1ccccc1F. The van der Waals surface area contributed by atoms with Gasteiger partial charge in [0.1, 0.15) is 5.82 Å². The fraction of sp³-hybridized carbons (Fsp3) is 0.0833. The first-order valence-electron chi connectivity index (χ1n) is 9.86. The molecule has 33 heavy (non-hydrogen) atoms. The molecular formula is C24H17FN2O5S. The summed E-state index contributed by atoms with van der Waals surface area (Å²) in [6.45, 7) is -0.241. The second kappa shape index (κ2) is 9.25. The summed E-state index contributed by atoms with van der Waals surface area (Å²) in [6, 6.07) is 17.9. The summed E-state index contributed by atoms with van der Waals surface area (Å²) in [5.74, 6) is -1.80. The number of nitro benzene ring substituents is 1. The van der Waals surface area contributed by atoms with E-state index in [-0.39, 0.29) is 22.6 Å². The van der Waals surface area contributed by atoms with Gasteiger partial charge in [-0.1, -0.05) is 48.5 Å². The van der Waals surface area contributed by atoms with Crippen LogP contribution in [0.4, 0.5) is 14.9 Å². The largest absolute Gasteiger partial charge is 0.502 e. The van der Waals surface area contributed by atoms with Crippen molar-refractivity contribution in [2.75, 3.05) is 0 Å². The Kier molecular flexibility index (Phi) is 6.23. The van der Waals surface area contributed by atoms with Crippen LogP contribution in [0.1, 0.15) is 22.3 Å². The standard InChI is InChI=1S/C24H17FN2O5S/c25-19-9-5-4-8-17(19)14-26-23(29)21(33-24(26)30)13-18-11-16(10-15-6-2-1-3-7-15)12-20(22(18)28)27(31)32/h1-9,11-13,28H,10,14H2/b21-13-. The van der Waals surface area contributed by atoms with Gasteiger partial charge in [-0.15, -0.1) is 0 Å². The number of rotatable bonds is 6. The molecule has 1 N–H and O–H groups in total. The molecule has 0 aliphatic carbocycles. The molecule has 4 rings (SSSR count). The summed E-state index contributed by atoms with van der Waals surface area (Å²) in [5.41, 5.74) is 1.20. The number of phenolic OH excluding ortho intramolecular Hbond substituents is 1. The highest BCUT2D eigenvalue weighted by atomic mass is 32.2. The Morgan fingerprint density at radius 3 is 2.42 bits per heavy atom. The molecule has 3 aromatic carbocycles. The molecule has 3 aromatic rings. The van der Waals surface area contributed by atoms with E-state index in [0.717, 1.165) is 10.5 Å². The molecule has 1 saturated heterocycles. The van der Waals surface area contributed by atoms with Crippen LogP contribution in [-0.2, 0) is 17.8 Å². The maximum absolute atomic E-state index is 14.0. The quantitative estimate of drug-likeness (QED) is 0.303. The topological polar surface area (TPSA) is 101 Å². The number of halogens is 1. The van der Waals surface area contributed by atoms with Crippen LogP contribution in [0, 0.1) is 15.9 Å². The van der Waals surface area contributed by atoms with Crippen molar-refractivity contribution in [3.05, 3.63) is 110 Å². The van der Waals surface area contributed by atoms with Crippen LogP contribution in [0.25, 0.3) is 6.08 Å². The first-order valence-corrected chi connectivity index (χ1v) is 10.7. The van der Waals surface area contributed by atoms with Crippen molar-refractivity contribution < 1.29 is 24.0 Å². The first-order chi connectivity index (χ1) is 15.8. The molecule has 0 radical (unpaired) electrons. The third-order valence-electron chi connectivity index (χ3n) is 5.07. The van der Waals surface area contributed by atoms with Gasteiger partial charge >= 0.3 is 5.69 Å². The van der Waals surface area contributed by atoms with E-state index in [1.807, 2.05) is 30.3 Å². The molecule has 0 spiro atoms. The van der Waals surface area contributed by atoms with Crippen molar-refractivity contribution in [1.82, 2.24) is 4.90 Å². The molecule has 1 aliphatic heterocycles. The zero-order valence-corrected chi connectivity index (χ0v) is 17.9. The number of nitrogens with zero attached hydrogens (tertiary/aromatic N) is 2. The molecule has 1 aliphatic rings. The zero-order valence-electron chi connectivity index (χ0n) is 17.1. The van der Waals surface area contributed by atoms with Gasteiger partial charge in [-0.05, 0) is 47.5 Å². The zero-order chi connectivity index (χ0) is 23.5. The number of hydrogen-bond acceptors (Lipinski definition) is 6. The van der Waals surface area contributed by atoms with E-state index in [9.17, 15) is 29.2 Å². The Morgan fingerprint density at radius 1 is 1.03 bits per heavy atom. The lowest BCUT2D eigenvalue weighted by Crippen LogP contribution is -2.27. The molecular weight excluding hydrogens is 447 g/mol. The number of phenols is 1. The highest BCUT2D eigenvalue weighted by molar-refractivity contribution is 8.18. The Bertz CT molecular complexity index is 1290. The maximum atomic E-state index is 14.0. The first kappa shape index (κ1) is 22.2. The summed E-state index contributed by atoms with van der Waals surface area (Å²) in [6.07, 6.45) is 1.63. The molecule has 166 valence electrons. The number of aromatic hydroxyl groups is 1. The van der Waals surface area contributed by atoms with Gasteiger partial charge in [0.2, 0.25) is 5.75 Å². The van der Waals surface area contributed by atoms with Crippen LogP contribution >= 0.6 is 11.8 Å². The summed E-state index contributed by atoms with van der Waals surface area (Å²) in [5, 5.41) is 21.3. The van der Waals surface area contributed by atoms with E-state index in [2.05, 4.69) is 0 Å². The lowest BCUT2D eigenvalue weighted by atomic mass is 10.0. The monoisotopic (exact) mass is 464 g/mol. The van der Waals surface area contributed by atoms with Crippen LogP contribution in [-0.4, -0.2) is 26.1 Å². The number of hydrogen-bond donors (Lipinski definition) is 1. The van der Waals surface area contributed by atoms with Gasteiger partial charge in [-0.2, -0.15) is 0 Å². The van der Waals surface area contributed by atoms with Crippen molar-refractivity contribution in [3.8, 4) is 5.75 Å². The van der Waals surface area contributed by atoms with Crippen molar-refractivity contribution in [2.24, 2.45) is 0 Å². The molecule has 7 nitrogen and oxygen atoms in total. The van der Waals surface area contributed by atoms with E-state index < -0.39 is 33.3 Å². The number of imide groups is 1. The van der Waals surface area contributed by atoms with Gasteiger partial charge in [0.15, 0.2) is 0 Å². The van der Waals surface area contributed by atoms with Crippen molar-refractivity contribution in [3.63, 3.8) is 0 Å². The van der Waals surface area contributed by atoms with Crippen LogP contribution < -0.4 is 0 Å². The summed E-state index contributed by atoms with van der Waals surface area (Å²) < 4.78 is 14.0. The number of carbonyl (C=O) groups is 2. The second-order valence-electron chi connectivity index (χ2n) is 7.33. The molecule has 0 unspecified atom stereocenters. The fourth-order valence-electron chi connectivity index (χ4n) is 3.46. The van der Waals surface area contributed by atoms with Gasteiger partial charge in [0, 0.05) is 17.2 Å². The Labute approximate surface area is 192 Å². The Balaban J connectivity index is 1.67. The minimum absolute atomic E-state index is 0.0159. The van der Waals surface area contributed by atoms with Gasteiger partial charge in [-0.3, -0.25) is 24.6 Å². The highest BCUT2D eigenvalue weighted by Gasteiger charge is 2.36. The fourth-order valence-corrected chi connectivity index (χ4v) is 4.29. The van der Waals surface area contributed by atoms with Gasteiger partial charge in [0.25, 0.3) is 11.1 Å². The van der Waals surface area contributed by atoms with Gasteiger partial charge in [-0.25, -0.2) is 4.39 Å². The average molecular weight is 464 g/mol. The minimum Gasteiger partial charge on any atom is -0.502 e. The molecule has 1 heterocycles. The maximum Gasteiger partial charge on any atom is 0.311 e. The number of benzene rings is 3. The van der Waals surface area contributed by atoms with Gasteiger partial charge in [0.05, 0.1) is 16.4 Å². The van der Waals surface area contributed by atoms with Crippen molar-refractivity contribution in [2.45, 2.75) is 13.0 Å². The second-order valence-corrected chi connectivity index (χ2v) is 8.32. The Hall–Kier alpha value is -3.98. The molecule has 0 atom stereocenters. The van der Waals surface area contributed by atoms with Crippen LogP contribution in [0.3, 0.4) is 0 Å². The Morgan fingerprint density at radius 2 is 1.73 bits per heavy atom. The molecule has 9 heteroatoms. The normalized spacial score (nSPS) is 14.8. The van der Waals surface area contributed by atoms with Crippen LogP contribution in [0.15, 0.2) is 71.6 Å². The number of amides is 2. The van der Waals surface area contributed by atoms with Gasteiger partial charge < -0.3 is 5.11 Å². The predicted octanol–water partition coefficient (Wildman–Crippen LogP) is 5.27. The van der Waals surface area contributed by atoms with Crippen LogP contribution in [0.5, 0.6) is 5.75 Å².